The maximum atomic E-state index is 12.7. The fourth-order valence-corrected chi connectivity index (χ4v) is 1.78. The quantitative estimate of drug-likeness (QED) is 0.725. The number of hydrogen-bond donors (Lipinski definition) is 0. The van der Waals surface area contributed by atoms with E-state index < -0.39 is 0 Å². The molecule has 0 N–H and O–H groups in total. The molecule has 1 fully saturated rings. The molecular weight excluding hydrogens is 209 g/mol. The third-order valence-electron chi connectivity index (χ3n) is 2.62. The summed E-state index contributed by atoms with van der Waals surface area (Å²) in [6.07, 6.45) is 0.0677. The summed E-state index contributed by atoms with van der Waals surface area (Å²) < 4.78 is 18.1. The second-order valence-corrected chi connectivity index (χ2v) is 3.94. The Morgan fingerprint density at radius 3 is 2.75 bits per heavy atom. The molecule has 1 heterocycles. The maximum Gasteiger partial charge on any atom is 0.254 e. The van der Waals surface area contributed by atoms with Gasteiger partial charge in [-0.3, -0.25) is 4.79 Å². The van der Waals surface area contributed by atoms with E-state index >= 15 is 0 Å². The van der Waals surface area contributed by atoms with E-state index in [1.807, 2.05) is 6.92 Å². The average Bonchev–Trinajstić information content (AvgIpc) is 2.29. The largest absolute Gasteiger partial charge is 0.375 e. The summed E-state index contributed by atoms with van der Waals surface area (Å²) in [4.78, 5) is 13.7. The van der Waals surface area contributed by atoms with Crippen molar-refractivity contribution in [1.82, 2.24) is 4.90 Å². The zero-order valence-electron chi connectivity index (χ0n) is 9.15. The van der Waals surface area contributed by atoms with Gasteiger partial charge in [0.05, 0.1) is 12.7 Å². The molecule has 86 valence electrons. The fraction of sp³-hybridized carbons (Fsp3) is 0.417. The topological polar surface area (TPSA) is 29.5 Å². The summed E-state index contributed by atoms with van der Waals surface area (Å²) in [5.41, 5.74) is 0.524. The molecule has 1 atom stereocenters. The van der Waals surface area contributed by atoms with Crippen LogP contribution in [0.1, 0.15) is 17.3 Å². The van der Waals surface area contributed by atoms with Crippen molar-refractivity contribution in [3.63, 3.8) is 0 Å². The van der Waals surface area contributed by atoms with Gasteiger partial charge in [0.1, 0.15) is 5.82 Å². The second kappa shape index (κ2) is 4.61. The fourth-order valence-electron chi connectivity index (χ4n) is 1.78. The molecule has 0 saturated carbocycles. The van der Waals surface area contributed by atoms with E-state index in [1.165, 1.54) is 24.3 Å². The van der Waals surface area contributed by atoms with Gasteiger partial charge in [0, 0.05) is 18.7 Å². The highest BCUT2D eigenvalue weighted by atomic mass is 19.1. The van der Waals surface area contributed by atoms with Gasteiger partial charge in [-0.2, -0.15) is 0 Å². The predicted octanol–water partition coefficient (Wildman–Crippen LogP) is 1.69. The first-order valence-electron chi connectivity index (χ1n) is 5.33. The summed E-state index contributed by atoms with van der Waals surface area (Å²) in [6.45, 7) is 3.69. The lowest BCUT2D eigenvalue weighted by Gasteiger charge is -2.31. The van der Waals surface area contributed by atoms with Crippen molar-refractivity contribution in [2.75, 3.05) is 19.7 Å². The van der Waals surface area contributed by atoms with E-state index in [9.17, 15) is 9.18 Å². The first-order chi connectivity index (χ1) is 7.66. The standard InChI is InChI=1S/C12H14FNO2/c1-9-8-14(6-7-16-9)12(15)10-2-4-11(13)5-3-10/h2-5,9H,6-8H2,1H3/t9-/m1/s1. The first-order valence-corrected chi connectivity index (χ1v) is 5.33. The van der Waals surface area contributed by atoms with Crippen LogP contribution in [0.5, 0.6) is 0 Å². The lowest BCUT2D eigenvalue weighted by atomic mass is 10.1. The van der Waals surface area contributed by atoms with Crippen LogP contribution in [0, 0.1) is 5.82 Å². The van der Waals surface area contributed by atoms with Crippen molar-refractivity contribution >= 4 is 5.91 Å². The number of morpholine rings is 1. The van der Waals surface area contributed by atoms with Crippen LogP contribution >= 0.6 is 0 Å². The molecule has 0 spiro atoms. The van der Waals surface area contributed by atoms with E-state index in [4.69, 9.17) is 4.74 Å². The molecule has 0 bridgehead atoms. The van der Waals surface area contributed by atoms with Crippen LogP contribution < -0.4 is 0 Å². The third-order valence-corrected chi connectivity index (χ3v) is 2.62. The molecule has 1 aromatic rings. The molecule has 1 aliphatic heterocycles. The Labute approximate surface area is 93.8 Å². The van der Waals surface area contributed by atoms with Crippen molar-refractivity contribution in [3.05, 3.63) is 35.6 Å². The maximum absolute atomic E-state index is 12.7. The summed E-state index contributed by atoms with van der Waals surface area (Å²) >= 11 is 0. The Hall–Kier alpha value is -1.42. The molecule has 1 amide bonds. The molecule has 1 aliphatic rings. The predicted molar refractivity (Wildman–Crippen MR) is 57.7 cm³/mol. The van der Waals surface area contributed by atoms with Crippen LogP contribution in [0.2, 0.25) is 0 Å². The zero-order valence-corrected chi connectivity index (χ0v) is 9.15. The van der Waals surface area contributed by atoms with Crippen LogP contribution in [-0.4, -0.2) is 36.6 Å². The summed E-state index contributed by atoms with van der Waals surface area (Å²) in [7, 11) is 0. The SMILES string of the molecule is C[C@@H]1CN(C(=O)c2ccc(F)cc2)CCO1. The molecule has 2 rings (SSSR count). The highest BCUT2D eigenvalue weighted by molar-refractivity contribution is 5.94. The Bertz CT molecular complexity index is 377. The summed E-state index contributed by atoms with van der Waals surface area (Å²) in [6, 6.07) is 5.63. The molecule has 1 aromatic carbocycles. The van der Waals surface area contributed by atoms with Gasteiger partial charge in [0.25, 0.3) is 5.91 Å². The minimum Gasteiger partial charge on any atom is -0.375 e. The number of ether oxygens (including phenoxy) is 1. The Balaban J connectivity index is 2.09. The van der Waals surface area contributed by atoms with Gasteiger partial charge in [-0.15, -0.1) is 0 Å². The number of halogens is 1. The number of rotatable bonds is 1. The monoisotopic (exact) mass is 223 g/mol. The molecule has 3 nitrogen and oxygen atoms in total. The smallest absolute Gasteiger partial charge is 0.254 e. The molecule has 0 radical (unpaired) electrons. The van der Waals surface area contributed by atoms with Gasteiger partial charge in [-0.25, -0.2) is 4.39 Å². The number of benzene rings is 1. The highest BCUT2D eigenvalue weighted by Crippen LogP contribution is 2.11. The minimum atomic E-state index is -0.327. The van der Waals surface area contributed by atoms with Crippen LogP contribution in [0.25, 0.3) is 0 Å². The van der Waals surface area contributed by atoms with Crippen molar-refractivity contribution in [2.24, 2.45) is 0 Å². The average molecular weight is 223 g/mol. The van der Waals surface area contributed by atoms with Crippen LogP contribution in [0.3, 0.4) is 0 Å². The number of hydrogen-bond acceptors (Lipinski definition) is 2. The molecule has 0 unspecified atom stereocenters. The lowest BCUT2D eigenvalue weighted by Crippen LogP contribution is -2.44. The normalized spacial score (nSPS) is 20.9. The molecular formula is C12H14FNO2. The van der Waals surface area contributed by atoms with Gasteiger partial charge in [-0.05, 0) is 31.2 Å². The number of amides is 1. The van der Waals surface area contributed by atoms with Crippen molar-refractivity contribution < 1.29 is 13.9 Å². The van der Waals surface area contributed by atoms with E-state index in [1.54, 1.807) is 4.90 Å². The van der Waals surface area contributed by atoms with Crippen LogP contribution in [-0.2, 0) is 4.74 Å². The van der Waals surface area contributed by atoms with Crippen molar-refractivity contribution in [3.8, 4) is 0 Å². The number of carbonyl (C=O) groups is 1. The van der Waals surface area contributed by atoms with Gasteiger partial charge in [0.2, 0.25) is 0 Å². The van der Waals surface area contributed by atoms with E-state index in [0.717, 1.165) is 0 Å². The van der Waals surface area contributed by atoms with Crippen molar-refractivity contribution in [1.29, 1.82) is 0 Å². The lowest BCUT2D eigenvalue weighted by molar-refractivity contribution is -0.0124. The third kappa shape index (κ3) is 2.39. The molecule has 4 heteroatoms. The molecule has 16 heavy (non-hydrogen) atoms. The van der Waals surface area contributed by atoms with Gasteiger partial charge in [0.15, 0.2) is 0 Å². The van der Waals surface area contributed by atoms with Crippen LogP contribution in [0.15, 0.2) is 24.3 Å². The van der Waals surface area contributed by atoms with Crippen LogP contribution in [0.4, 0.5) is 4.39 Å². The Morgan fingerprint density at radius 1 is 1.44 bits per heavy atom. The Morgan fingerprint density at radius 2 is 2.12 bits per heavy atom. The van der Waals surface area contributed by atoms with E-state index in [2.05, 4.69) is 0 Å². The van der Waals surface area contributed by atoms with E-state index in [0.29, 0.717) is 25.3 Å². The molecule has 0 aliphatic carbocycles. The second-order valence-electron chi connectivity index (χ2n) is 3.94. The Kier molecular flexibility index (Phi) is 3.19. The van der Waals surface area contributed by atoms with Gasteiger partial charge in [-0.1, -0.05) is 0 Å². The summed E-state index contributed by atoms with van der Waals surface area (Å²) in [5.74, 6) is -0.387. The number of carbonyl (C=O) groups excluding carboxylic acids is 1. The van der Waals surface area contributed by atoms with E-state index in [-0.39, 0.29) is 17.8 Å². The molecule has 0 aromatic heterocycles. The minimum absolute atomic E-state index is 0.0600. The van der Waals surface area contributed by atoms with Gasteiger partial charge >= 0.3 is 0 Å². The van der Waals surface area contributed by atoms with Crippen molar-refractivity contribution in [2.45, 2.75) is 13.0 Å². The highest BCUT2D eigenvalue weighted by Gasteiger charge is 2.22. The zero-order chi connectivity index (χ0) is 11.5. The molecule has 1 saturated heterocycles. The summed E-state index contributed by atoms with van der Waals surface area (Å²) in [5, 5.41) is 0. The first kappa shape index (κ1) is 11.1. The van der Waals surface area contributed by atoms with Gasteiger partial charge < -0.3 is 9.64 Å². The number of nitrogens with zero attached hydrogens (tertiary/aromatic N) is 1.